The van der Waals surface area contributed by atoms with Gasteiger partial charge in [-0.05, 0) is 23.8 Å². The Bertz CT molecular complexity index is 805. The van der Waals surface area contributed by atoms with E-state index in [4.69, 9.17) is 0 Å². The summed E-state index contributed by atoms with van der Waals surface area (Å²) < 4.78 is 0. The van der Waals surface area contributed by atoms with Crippen LogP contribution in [-0.2, 0) is 0 Å². The lowest BCUT2D eigenvalue weighted by Crippen LogP contribution is -2.06. The van der Waals surface area contributed by atoms with E-state index in [0.29, 0.717) is 5.56 Å². The van der Waals surface area contributed by atoms with Crippen molar-refractivity contribution in [3.8, 4) is 11.4 Å². The molecule has 2 heterocycles. The van der Waals surface area contributed by atoms with Gasteiger partial charge in [0.05, 0.1) is 11.4 Å². The molecule has 102 valence electrons. The summed E-state index contributed by atoms with van der Waals surface area (Å²) >= 11 is 0. The SMILES string of the molecule is O=c1cc[nH]c(-c2ccccn2)c1C=Cc1ccccc1. The molecule has 0 saturated heterocycles. The number of hydrogen-bond acceptors (Lipinski definition) is 2. The predicted octanol–water partition coefficient (Wildman–Crippen LogP) is 3.61. The molecule has 1 N–H and O–H groups in total. The molecule has 0 bridgehead atoms. The second kappa shape index (κ2) is 6.01. The summed E-state index contributed by atoms with van der Waals surface area (Å²) in [6, 6.07) is 17.0. The first-order valence-electron chi connectivity index (χ1n) is 6.71. The monoisotopic (exact) mass is 274 g/mol. The lowest BCUT2D eigenvalue weighted by molar-refractivity contribution is 1.23. The molecule has 3 nitrogen and oxygen atoms in total. The highest BCUT2D eigenvalue weighted by Gasteiger charge is 2.07. The van der Waals surface area contributed by atoms with E-state index in [9.17, 15) is 4.79 Å². The molecule has 0 spiro atoms. The van der Waals surface area contributed by atoms with Gasteiger partial charge in [-0.3, -0.25) is 9.78 Å². The zero-order valence-corrected chi connectivity index (χ0v) is 11.4. The van der Waals surface area contributed by atoms with E-state index in [1.54, 1.807) is 12.4 Å². The zero-order valence-electron chi connectivity index (χ0n) is 11.4. The number of rotatable bonds is 3. The van der Waals surface area contributed by atoms with Crippen LogP contribution in [0.25, 0.3) is 23.5 Å². The highest BCUT2D eigenvalue weighted by atomic mass is 16.1. The predicted molar refractivity (Wildman–Crippen MR) is 85.7 cm³/mol. The quantitative estimate of drug-likeness (QED) is 0.793. The largest absolute Gasteiger partial charge is 0.359 e. The molecule has 1 aromatic carbocycles. The smallest absolute Gasteiger partial charge is 0.189 e. The Labute approximate surface area is 122 Å². The number of nitrogens with one attached hydrogen (secondary N) is 1. The number of nitrogens with zero attached hydrogens (tertiary/aromatic N) is 1. The van der Waals surface area contributed by atoms with Gasteiger partial charge in [-0.15, -0.1) is 0 Å². The fraction of sp³-hybridized carbons (Fsp3) is 0. The number of aromatic amines is 1. The molecule has 3 rings (SSSR count). The number of pyridine rings is 2. The molecule has 0 aliphatic heterocycles. The first-order valence-corrected chi connectivity index (χ1v) is 6.71. The van der Waals surface area contributed by atoms with Crippen LogP contribution in [0.3, 0.4) is 0 Å². The Morgan fingerprint density at radius 1 is 0.905 bits per heavy atom. The maximum atomic E-state index is 12.1. The van der Waals surface area contributed by atoms with Crippen molar-refractivity contribution in [1.29, 1.82) is 0 Å². The van der Waals surface area contributed by atoms with Gasteiger partial charge in [0.25, 0.3) is 0 Å². The van der Waals surface area contributed by atoms with Crippen LogP contribution >= 0.6 is 0 Å². The van der Waals surface area contributed by atoms with Gasteiger partial charge in [0, 0.05) is 24.0 Å². The van der Waals surface area contributed by atoms with E-state index in [1.807, 2.05) is 60.7 Å². The third-order valence-electron chi connectivity index (χ3n) is 3.16. The van der Waals surface area contributed by atoms with Gasteiger partial charge in [-0.1, -0.05) is 42.5 Å². The summed E-state index contributed by atoms with van der Waals surface area (Å²) in [6.45, 7) is 0. The molecule has 2 aromatic heterocycles. The Kier molecular flexibility index (Phi) is 3.74. The molecule has 0 saturated carbocycles. The molecule has 0 aliphatic carbocycles. The molecular formula is C18H14N2O. The second-order valence-electron chi connectivity index (χ2n) is 4.59. The van der Waals surface area contributed by atoms with Crippen LogP contribution in [0.1, 0.15) is 11.1 Å². The van der Waals surface area contributed by atoms with Crippen molar-refractivity contribution >= 4 is 12.2 Å². The van der Waals surface area contributed by atoms with Crippen molar-refractivity contribution < 1.29 is 0 Å². The van der Waals surface area contributed by atoms with Crippen LogP contribution in [-0.4, -0.2) is 9.97 Å². The molecule has 0 fully saturated rings. The number of aromatic nitrogens is 2. The molecule has 0 amide bonds. The highest BCUT2D eigenvalue weighted by molar-refractivity contribution is 5.77. The summed E-state index contributed by atoms with van der Waals surface area (Å²) in [4.78, 5) is 19.6. The highest BCUT2D eigenvalue weighted by Crippen LogP contribution is 2.18. The summed E-state index contributed by atoms with van der Waals surface area (Å²) in [7, 11) is 0. The van der Waals surface area contributed by atoms with Gasteiger partial charge < -0.3 is 4.98 Å². The average Bonchev–Trinajstić information content (AvgIpc) is 2.55. The van der Waals surface area contributed by atoms with E-state index < -0.39 is 0 Å². The number of benzene rings is 1. The minimum Gasteiger partial charge on any atom is -0.359 e. The fourth-order valence-corrected chi connectivity index (χ4v) is 2.12. The van der Waals surface area contributed by atoms with Crippen molar-refractivity contribution in [3.63, 3.8) is 0 Å². The standard InChI is InChI=1S/C18H14N2O/c21-17-11-13-20-18(16-8-4-5-12-19-16)15(17)10-9-14-6-2-1-3-7-14/h1-13H,(H,20,21). The Balaban J connectivity index is 2.06. The molecule has 3 aromatic rings. The topological polar surface area (TPSA) is 45.8 Å². The van der Waals surface area contributed by atoms with Gasteiger partial charge in [0.15, 0.2) is 5.43 Å². The van der Waals surface area contributed by atoms with Crippen molar-refractivity contribution in [3.05, 3.63) is 88.3 Å². The van der Waals surface area contributed by atoms with E-state index in [1.165, 1.54) is 6.07 Å². The minimum absolute atomic E-state index is 0.0263. The summed E-state index contributed by atoms with van der Waals surface area (Å²) in [5.74, 6) is 0. The van der Waals surface area contributed by atoms with Gasteiger partial charge in [0.2, 0.25) is 0 Å². The van der Waals surface area contributed by atoms with Crippen LogP contribution in [0, 0.1) is 0 Å². The molecule has 3 heteroatoms. The lowest BCUT2D eigenvalue weighted by Gasteiger charge is -2.04. The lowest BCUT2D eigenvalue weighted by atomic mass is 10.1. The van der Waals surface area contributed by atoms with Crippen LogP contribution in [0.5, 0.6) is 0 Å². The Hall–Kier alpha value is -2.94. The maximum Gasteiger partial charge on any atom is 0.189 e. The molecule has 0 atom stereocenters. The maximum absolute atomic E-state index is 12.1. The van der Waals surface area contributed by atoms with Gasteiger partial charge >= 0.3 is 0 Å². The number of H-pyrrole nitrogens is 1. The van der Waals surface area contributed by atoms with Crippen LogP contribution < -0.4 is 5.43 Å². The molecular weight excluding hydrogens is 260 g/mol. The summed E-state index contributed by atoms with van der Waals surface area (Å²) in [5, 5.41) is 0. The molecule has 0 aliphatic rings. The van der Waals surface area contributed by atoms with Crippen molar-refractivity contribution in [2.24, 2.45) is 0 Å². The summed E-state index contributed by atoms with van der Waals surface area (Å²) in [5.41, 5.74) is 3.12. The molecule has 0 radical (unpaired) electrons. The van der Waals surface area contributed by atoms with Crippen molar-refractivity contribution in [1.82, 2.24) is 9.97 Å². The second-order valence-corrected chi connectivity index (χ2v) is 4.59. The van der Waals surface area contributed by atoms with E-state index >= 15 is 0 Å². The van der Waals surface area contributed by atoms with Crippen molar-refractivity contribution in [2.75, 3.05) is 0 Å². The average molecular weight is 274 g/mol. The zero-order chi connectivity index (χ0) is 14.5. The summed E-state index contributed by atoms with van der Waals surface area (Å²) in [6.07, 6.45) is 7.12. The first kappa shape index (κ1) is 13.1. The van der Waals surface area contributed by atoms with Crippen LogP contribution in [0.2, 0.25) is 0 Å². The third kappa shape index (κ3) is 2.98. The van der Waals surface area contributed by atoms with Gasteiger partial charge in [-0.25, -0.2) is 0 Å². The van der Waals surface area contributed by atoms with Crippen molar-refractivity contribution in [2.45, 2.75) is 0 Å². The first-order chi connectivity index (χ1) is 10.3. The fourth-order valence-electron chi connectivity index (χ4n) is 2.12. The van der Waals surface area contributed by atoms with Crippen LogP contribution in [0.15, 0.2) is 71.8 Å². The normalized spacial score (nSPS) is 10.9. The van der Waals surface area contributed by atoms with Gasteiger partial charge in [-0.2, -0.15) is 0 Å². The Morgan fingerprint density at radius 3 is 2.48 bits per heavy atom. The molecule has 21 heavy (non-hydrogen) atoms. The van der Waals surface area contributed by atoms with E-state index in [0.717, 1.165) is 17.0 Å². The van der Waals surface area contributed by atoms with E-state index in [2.05, 4.69) is 9.97 Å². The third-order valence-corrected chi connectivity index (χ3v) is 3.16. The van der Waals surface area contributed by atoms with E-state index in [-0.39, 0.29) is 5.43 Å². The minimum atomic E-state index is -0.0263. The molecule has 0 unspecified atom stereocenters. The number of hydrogen-bond donors (Lipinski definition) is 1. The van der Waals surface area contributed by atoms with Crippen LogP contribution in [0.4, 0.5) is 0 Å². The Morgan fingerprint density at radius 2 is 1.71 bits per heavy atom. The van der Waals surface area contributed by atoms with Gasteiger partial charge in [0.1, 0.15) is 0 Å².